The van der Waals surface area contributed by atoms with Crippen molar-refractivity contribution in [3.63, 3.8) is 0 Å². The zero-order valence-electron chi connectivity index (χ0n) is 13.0. The molecule has 0 bridgehead atoms. The summed E-state index contributed by atoms with van der Waals surface area (Å²) >= 11 is 0. The van der Waals surface area contributed by atoms with Gasteiger partial charge >= 0.3 is 0 Å². The predicted molar refractivity (Wildman–Crippen MR) is 79.4 cm³/mol. The van der Waals surface area contributed by atoms with Crippen LogP contribution in [0.5, 0.6) is 0 Å². The largest absolute Gasteiger partial charge is 0.388 e. The maximum Gasteiger partial charge on any atom is 0.254 e. The molecule has 0 aliphatic carbocycles. The van der Waals surface area contributed by atoms with E-state index in [4.69, 9.17) is 9.47 Å². The van der Waals surface area contributed by atoms with E-state index in [-0.39, 0.29) is 5.91 Å². The lowest BCUT2D eigenvalue weighted by Gasteiger charge is -2.39. The smallest absolute Gasteiger partial charge is 0.254 e. The summed E-state index contributed by atoms with van der Waals surface area (Å²) < 4.78 is 10.6. The predicted octanol–water partition coefficient (Wildman–Crippen LogP) is 1.15. The van der Waals surface area contributed by atoms with E-state index in [1.165, 1.54) is 7.11 Å². The topological polar surface area (TPSA) is 59.0 Å². The van der Waals surface area contributed by atoms with Gasteiger partial charge in [-0.25, -0.2) is 0 Å². The summed E-state index contributed by atoms with van der Waals surface area (Å²) in [6, 6.07) is 5.38. The van der Waals surface area contributed by atoms with Gasteiger partial charge in [-0.3, -0.25) is 4.79 Å². The molecule has 0 radical (unpaired) electrons. The Labute approximate surface area is 125 Å². The molecule has 1 aliphatic rings. The Kier molecular flexibility index (Phi) is 4.98. The van der Waals surface area contributed by atoms with Crippen LogP contribution in [0.25, 0.3) is 0 Å². The van der Waals surface area contributed by atoms with Crippen molar-refractivity contribution in [1.82, 2.24) is 4.90 Å². The number of aryl methyl sites for hydroxylation is 2. The van der Waals surface area contributed by atoms with Crippen LogP contribution in [0, 0.1) is 13.8 Å². The molecule has 0 saturated carbocycles. The number of carbonyl (C=O) groups is 1. The van der Waals surface area contributed by atoms with Crippen LogP contribution < -0.4 is 0 Å². The first kappa shape index (κ1) is 15.9. The van der Waals surface area contributed by atoms with Crippen molar-refractivity contribution >= 4 is 5.91 Å². The van der Waals surface area contributed by atoms with Crippen molar-refractivity contribution in [1.29, 1.82) is 0 Å². The zero-order chi connectivity index (χ0) is 15.6. The number of hydrogen-bond donors (Lipinski definition) is 1. The van der Waals surface area contributed by atoms with Crippen LogP contribution in [-0.4, -0.2) is 61.5 Å². The zero-order valence-corrected chi connectivity index (χ0v) is 13.0. The van der Waals surface area contributed by atoms with Gasteiger partial charge in [-0.05, 0) is 25.5 Å². The van der Waals surface area contributed by atoms with E-state index >= 15 is 0 Å². The SMILES string of the molecule is CO[C@@H]1COC[C@@H](N(C)C(=O)c2cc(C)ccc2C)[C@@H]1O. The van der Waals surface area contributed by atoms with Crippen LogP contribution in [0.3, 0.4) is 0 Å². The monoisotopic (exact) mass is 293 g/mol. The third-order valence-electron chi connectivity index (χ3n) is 4.09. The van der Waals surface area contributed by atoms with Gasteiger partial charge < -0.3 is 19.5 Å². The van der Waals surface area contributed by atoms with E-state index in [1.807, 2.05) is 32.0 Å². The number of rotatable bonds is 3. The van der Waals surface area contributed by atoms with Gasteiger partial charge in [0.25, 0.3) is 5.91 Å². The summed E-state index contributed by atoms with van der Waals surface area (Å²) in [4.78, 5) is 14.2. The van der Waals surface area contributed by atoms with Gasteiger partial charge in [0.1, 0.15) is 12.2 Å². The number of likely N-dealkylation sites (N-methyl/N-ethyl adjacent to an activating group) is 1. The Bertz CT molecular complexity index is 517. The number of amides is 1. The molecule has 1 aromatic carbocycles. The molecule has 3 atom stereocenters. The molecule has 0 spiro atoms. The molecule has 1 N–H and O–H groups in total. The van der Waals surface area contributed by atoms with Gasteiger partial charge in [-0.2, -0.15) is 0 Å². The Morgan fingerprint density at radius 1 is 1.38 bits per heavy atom. The van der Waals surface area contributed by atoms with Crippen molar-refractivity contribution in [3.8, 4) is 0 Å². The summed E-state index contributed by atoms with van der Waals surface area (Å²) in [5, 5.41) is 10.3. The van der Waals surface area contributed by atoms with E-state index < -0.39 is 18.2 Å². The second-order valence-corrected chi connectivity index (χ2v) is 5.60. The lowest BCUT2D eigenvalue weighted by Crippen LogP contribution is -2.56. The van der Waals surface area contributed by atoms with Gasteiger partial charge in [0.15, 0.2) is 0 Å². The lowest BCUT2D eigenvalue weighted by atomic mass is 10.00. The van der Waals surface area contributed by atoms with Crippen LogP contribution in [-0.2, 0) is 9.47 Å². The van der Waals surface area contributed by atoms with Gasteiger partial charge in [-0.1, -0.05) is 17.7 Å². The average Bonchev–Trinajstić information content (AvgIpc) is 2.48. The first-order chi connectivity index (χ1) is 9.95. The number of carbonyl (C=O) groups excluding carboxylic acids is 1. The molecular weight excluding hydrogens is 270 g/mol. The molecule has 5 nitrogen and oxygen atoms in total. The number of benzene rings is 1. The molecule has 1 fully saturated rings. The van der Waals surface area contributed by atoms with E-state index in [0.717, 1.165) is 11.1 Å². The van der Waals surface area contributed by atoms with Crippen molar-refractivity contribution in [2.45, 2.75) is 32.1 Å². The number of hydrogen-bond acceptors (Lipinski definition) is 4. The summed E-state index contributed by atoms with van der Waals surface area (Å²) in [5.41, 5.74) is 2.61. The number of aliphatic hydroxyl groups is 1. The third-order valence-corrected chi connectivity index (χ3v) is 4.09. The van der Waals surface area contributed by atoms with Crippen LogP contribution in [0.4, 0.5) is 0 Å². The third kappa shape index (κ3) is 3.26. The Morgan fingerprint density at radius 2 is 2.10 bits per heavy atom. The van der Waals surface area contributed by atoms with Crippen molar-refractivity contribution in [2.24, 2.45) is 0 Å². The molecule has 1 saturated heterocycles. The molecule has 1 heterocycles. The average molecular weight is 293 g/mol. The molecule has 5 heteroatoms. The fourth-order valence-corrected chi connectivity index (χ4v) is 2.61. The molecular formula is C16H23NO4. The van der Waals surface area contributed by atoms with Crippen molar-refractivity contribution in [3.05, 3.63) is 34.9 Å². The number of nitrogens with zero attached hydrogens (tertiary/aromatic N) is 1. The summed E-state index contributed by atoms with van der Waals surface area (Å²) in [6.07, 6.45) is -1.15. The van der Waals surface area contributed by atoms with E-state index in [9.17, 15) is 9.90 Å². The van der Waals surface area contributed by atoms with E-state index in [1.54, 1.807) is 11.9 Å². The fourth-order valence-electron chi connectivity index (χ4n) is 2.61. The van der Waals surface area contributed by atoms with Gasteiger partial charge in [0.2, 0.25) is 0 Å². The van der Waals surface area contributed by atoms with Crippen LogP contribution in [0.1, 0.15) is 21.5 Å². The molecule has 0 aromatic heterocycles. The quantitative estimate of drug-likeness (QED) is 0.908. The number of methoxy groups -OCH3 is 1. The summed E-state index contributed by atoms with van der Waals surface area (Å²) in [5.74, 6) is -0.111. The van der Waals surface area contributed by atoms with Crippen molar-refractivity contribution in [2.75, 3.05) is 27.4 Å². The number of ether oxygens (including phenoxy) is 2. The van der Waals surface area contributed by atoms with Gasteiger partial charge in [-0.15, -0.1) is 0 Å². The summed E-state index contributed by atoms with van der Waals surface area (Å²) in [7, 11) is 3.23. The Balaban J connectivity index is 2.20. The summed E-state index contributed by atoms with van der Waals surface area (Å²) in [6.45, 7) is 4.52. The highest BCUT2D eigenvalue weighted by molar-refractivity contribution is 5.96. The molecule has 1 aromatic rings. The number of aliphatic hydroxyl groups excluding tert-OH is 1. The van der Waals surface area contributed by atoms with Crippen molar-refractivity contribution < 1.29 is 19.4 Å². The minimum atomic E-state index is -0.747. The van der Waals surface area contributed by atoms with Crippen LogP contribution >= 0.6 is 0 Å². The Hall–Kier alpha value is -1.43. The first-order valence-electron chi connectivity index (χ1n) is 7.08. The van der Waals surface area contributed by atoms with Crippen LogP contribution in [0.2, 0.25) is 0 Å². The highest BCUT2D eigenvalue weighted by Crippen LogP contribution is 2.20. The fraction of sp³-hybridized carbons (Fsp3) is 0.562. The minimum absolute atomic E-state index is 0.111. The maximum absolute atomic E-state index is 12.7. The minimum Gasteiger partial charge on any atom is -0.388 e. The molecule has 21 heavy (non-hydrogen) atoms. The second-order valence-electron chi connectivity index (χ2n) is 5.60. The molecule has 116 valence electrons. The molecule has 2 rings (SSSR count). The lowest BCUT2D eigenvalue weighted by molar-refractivity contribution is -0.135. The van der Waals surface area contributed by atoms with E-state index in [2.05, 4.69) is 0 Å². The second kappa shape index (κ2) is 6.56. The maximum atomic E-state index is 12.7. The standard InChI is InChI=1S/C16H23NO4/c1-10-5-6-11(2)12(7-10)16(19)17(3)13-8-21-9-14(20-4)15(13)18/h5-7,13-15,18H,8-9H2,1-4H3/t13-,14-,15+/m1/s1. The molecule has 1 amide bonds. The molecule has 0 unspecified atom stereocenters. The highest BCUT2D eigenvalue weighted by atomic mass is 16.5. The first-order valence-corrected chi connectivity index (χ1v) is 7.08. The molecule has 1 aliphatic heterocycles. The highest BCUT2D eigenvalue weighted by Gasteiger charge is 2.37. The van der Waals surface area contributed by atoms with Gasteiger partial charge in [0, 0.05) is 19.7 Å². The van der Waals surface area contributed by atoms with E-state index in [0.29, 0.717) is 18.8 Å². The van der Waals surface area contributed by atoms with Crippen LogP contribution in [0.15, 0.2) is 18.2 Å². The van der Waals surface area contributed by atoms with Gasteiger partial charge in [0.05, 0.1) is 19.3 Å². The Morgan fingerprint density at radius 3 is 2.76 bits per heavy atom. The normalized spacial score (nSPS) is 25.7.